The van der Waals surface area contributed by atoms with Crippen molar-refractivity contribution < 1.29 is 4.79 Å². The predicted molar refractivity (Wildman–Crippen MR) is 81.9 cm³/mol. The second-order valence-electron chi connectivity index (χ2n) is 4.60. The molecule has 1 amide bonds. The van der Waals surface area contributed by atoms with Crippen molar-refractivity contribution in [1.82, 2.24) is 10.3 Å². The third-order valence-corrected chi connectivity index (χ3v) is 4.24. The Balaban J connectivity index is 1.79. The van der Waals surface area contributed by atoms with E-state index in [1.165, 1.54) is 11.3 Å². The van der Waals surface area contributed by atoms with Gasteiger partial charge in [-0.1, -0.05) is 24.3 Å². The molecular formula is C16H14N2OS. The number of rotatable bonds is 3. The fourth-order valence-corrected chi connectivity index (χ4v) is 3.03. The number of thiophene rings is 1. The number of benzene rings is 1. The fraction of sp³-hybridized carbons (Fsp3) is 0.125. The van der Waals surface area contributed by atoms with Gasteiger partial charge in [-0.25, -0.2) is 0 Å². The SMILES string of the molecule is C[C@H](NC(=O)c1cc2ccccc2s1)c1ccccn1. The Hall–Kier alpha value is -2.20. The van der Waals surface area contributed by atoms with Gasteiger partial charge in [-0.3, -0.25) is 9.78 Å². The van der Waals surface area contributed by atoms with Crippen LogP contribution < -0.4 is 5.32 Å². The molecule has 20 heavy (non-hydrogen) atoms. The van der Waals surface area contributed by atoms with Gasteiger partial charge in [0.25, 0.3) is 5.91 Å². The highest BCUT2D eigenvalue weighted by Gasteiger charge is 2.14. The lowest BCUT2D eigenvalue weighted by atomic mass is 10.2. The first kappa shape index (κ1) is 12.8. The molecule has 1 N–H and O–H groups in total. The maximum Gasteiger partial charge on any atom is 0.261 e. The molecule has 0 fully saturated rings. The molecule has 3 aromatic rings. The Bertz CT molecular complexity index is 703. The molecule has 1 aromatic carbocycles. The lowest BCUT2D eigenvalue weighted by Crippen LogP contribution is -2.26. The summed E-state index contributed by atoms with van der Waals surface area (Å²) in [7, 11) is 0. The average Bonchev–Trinajstić information content (AvgIpc) is 2.92. The van der Waals surface area contributed by atoms with Crippen molar-refractivity contribution in [3.8, 4) is 0 Å². The first-order valence-corrected chi connectivity index (χ1v) is 7.26. The highest BCUT2D eigenvalue weighted by Crippen LogP contribution is 2.25. The molecule has 0 radical (unpaired) electrons. The number of amides is 1. The van der Waals surface area contributed by atoms with E-state index in [-0.39, 0.29) is 11.9 Å². The zero-order valence-electron chi connectivity index (χ0n) is 11.0. The Morgan fingerprint density at radius 2 is 2.00 bits per heavy atom. The number of carbonyl (C=O) groups excluding carboxylic acids is 1. The van der Waals surface area contributed by atoms with Gasteiger partial charge in [0.05, 0.1) is 16.6 Å². The summed E-state index contributed by atoms with van der Waals surface area (Å²) in [5, 5.41) is 4.09. The average molecular weight is 282 g/mol. The first-order valence-electron chi connectivity index (χ1n) is 6.44. The molecule has 0 saturated heterocycles. The molecule has 3 rings (SSSR count). The molecule has 0 unspecified atom stereocenters. The minimum Gasteiger partial charge on any atom is -0.343 e. The van der Waals surface area contributed by atoms with Crippen LogP contribution in [0, 0.1) is 0 Å². The molecule has 0 aliphatic rings. The van der Waals surface area contributed by atoms with E-state index in [0.717, 1.165) is 20.7 Å². The Morgan fingerprint density at radius 1 is 1.20 bits per heavy atom. The van der Waals surface area contributed by atoms with E-state index in [1.54, 1.807) is 6.20 Å². The number of carbonyl (C=O) groups is 1. The van der Waals surface area contributed by atoms with Gasteiger partial charge in [0.2, 0.25) is 0 Å². The maximum absolute atomic E-state index is 12.3. The van der Waals surface area contributed by atoms with E-state index in [2.05, 4.69) is 10.3 Å². The van der Waals surface area contributed by atoms with Crippen molar-refractivity contribution in [1.29, 1.82) is 0 Å². The highest BCUT2D eigenvalue weighted by molar-refractivity contribution is 7.20. The van der Waals surface area contributed by atoms with Gasteiger partial charge in [-0.2, -0.15) is 0 Å². The van der Waals surface area contributed by atoms with Crippen molar-refractivity contribution in [2.75, 3.05) is 0 Å². The zero-order chi connectivity index (χ0) is 13.9. The van der Waals surface area contributed by atoms with Crippen LogP contribution in [0.1, 0.15) is 28.3 Å². The standard InChI is InChI=1S/C16H14N2OS/c1-11(13-7-4-5-9-17-13)18-16(19)15-10-12-6-2-3-8-14(12)20-15/h2-11H,1H3,(H,18,19)/t11-/m0/s1. The Kier molecular flexibility index (Phi) is 3.48. The number of pyridine rings is 1. The summed E-state index contributed by atoms with van der Waals surface area (Å²) in [6, 6.07) is 15.5. The number of fused-ring (bicyclic) bond motifs is 1. The summed E-state index contributed by atoms with van der Waals surface area (Å²) in [4.78, 5) is 17.3. The van der Waals surface area contributed by atoms with E-state index < -0.39 is 0 Å². The summed E-state index contributed by atoms with van der Waals surface area (Å²) in [6.45, 7) is 1.94. The predicted octanol–water partition coefficient (Wildman–Crippen LogP) is 3.79. The summed E-state index contributed by atoms with van der Waals surface area (Å²) in [5.41, 5.74) is 0.863. The molecular weight excluding hydrogens is 268 g/mol. The van der Waals surface area contributed by atoms with Crippen molar-refractivity contribution in [3.05, 3.63) is 65.3 Å². The van der Waals surface area contributed by atoms with Crippen LogP contribution in [0.4, 0.5) is 0 Å². The molecule has 4 heteroatoms. The molecule has 2 aromatic heterocycles. The summed E-state index contributed by atoms with van der Waals surface area (Å²) >= 11 is 1.51. The van der Waals surface area contributed by atoms with Gasteiger partial charge >= 0.3 is 0 Å². The van der Waals surface area contributed by atoms with Gasteiger partial charge in [0.1, 0.15) is 0 Å². The van der Waals surface area contributed by atoms with Gasteiger partial charge in [-0.15, -0.1) is 11.3 Å². The minimum atomic E-state index is -0.103. The van der Waals surface area contributed by atoms with E-state index in [9.17, 15) is 4.79 Å². The third-order valence-electron chi connectivity index (χ3n) is 3.13. The fourth-order valence-electron chi connectivity index (χ4n) is 2.07. The second kappa shape index (κ2) is 5.43. The van der Waals surface area contributed by atoms with Gasteiger partial charge in [-0.05, 0) is 36.6 Å². The van der Waals surface area contributed by atoms with Crippen LogP contribution in [-0.2, 0) is 0 Å². The third kappa shape index (κ3) is 2.56. The van der Waals surface area contributed by atoms with Gasteiger partial charge < -0.3 is 5.32 Å². The van der Waals surface area contributed by atoms with E-state index >= 15 is 0 Å². The van der Waals surface area contributed by atoms with E-state index in [4.69, 9.17) is 0 Å². The lowest BCUT2D eigenvalue weighted by molar-refractivity contribution is 0.0943. The van der Waals surface area contributed by atoms with Crippen LogP contribution in [0.15, 0.2) is 54.7 Å². The van der Waals surface area contributed by atoms with Crippen LogP contribution in [0.5, 0.6) is 0 Å². The normalized spacial score (nSPS) is 12.2. The van der Waals surface area contributed by atoms with Crippen LogP contribution in [0.3, 0.4) is 0 Å². The van der Waals surface area contributed by atoms with E-state index in [1.807, 2.05) is 55.5 Å². The topological polar surface area (TPSA) is 42.0 Å². The number of aromatic nitrogens is 1. The summed E-state index contributed by atoms with van der Waals surface area (Å²) in [6.07, 6.45) is 1.73. The summed E-state index contributed by atoms with van der Waals surface area (Å²) < 4.78 is 1.13. The minimum absolute atomic E-state index is 0.0515. The van der Waals surface area contributed by atoms with Crippen LogP contribution in [0.25, 0.3) is 10.1 Å². The second-order valence-corrected chi connectivity index (χ2v) is 5.68. The molecule has 2 heterocycles. The maximum atomic E-state index is 12.3. The zero-order valence-corrected chi connectivity index (χ0v) is 11.9. The Morgan fingerprint density at radius 3 is 2.75 bits per heavy atom. The number of hydrogen-bond donors (Lipinski definition) is 1. The highest BCUT2D eigenvalue weighted by atomic mass is 32.1. The van der Waals surface area contributed by atoms with Crippen molar-refractivity contribution in [2.45, 2.75) is 13.0 Å². The van der Waals surface area contributed by atoms with Gasteiger partial charge in [0, 0.05) is 10.9 Å². The molecule has 0 aliphatic carbocycles. The lowest BCUT2D eigenvalue weighted by Gasteiger charge is -2.12. The number of nitrogens with zero attached hydrogens (tertiary/aromatic N) is 1. The molecule has 3 nitrogen and oxygen atoms in total. The Labute approximate surface area is 121 Å². The largest absolute Gasteiger partial charge is 0.343 e. The summed E-state index contributed by atoms with van der Waals surface area (Å²) in [5.74, 6) is -0.0515. The van der Waals surface area contributed by atoms with Crippen LogP contribution >= 0.6 is 11.3 Å². The van der Waals surface area contributed by atoms with Gasteiger partial charge in [0.15, 0.2) is 0 Å². The molecule has 100 valence electrons. The number of nitrogens with one attached hydrogen (secondary N) is 1. The van der Waals surface area contributed by atoms with Crippen molar-refractivity contribution in [3.63, 3.8) is 0 Å². The molecule has 0 bridgehead atoms. The number of hydrogen-bond acceptors (Lipinski definition) is 3. The molecule has 0 aliphatic heterocycles. The van der Waals surface area contributed by atoms with E-state index in [0.29, 0.717) is 0 Å². The van der Waals surface area contributed by atoms with Crippen LogP contribution in [-0.4, -0.2) is 10.9 Å². The monoisotopic (exact) mass is 282 g/mol. The quantitative estimate of drug-likeness (QED) is 0.794. The molecule has 0 spiro atoms. The van der Waals surface area contributed by atoms with Crippen LogP contribution in [0.2, 0.25) is 0 Å². The smallest absolute Gasteiger partial charge is 0.261 e. The first-order chi connectivity index (χ1) is 9.74. The van der Waals surface area contributed by atoms with Crippen molar-refractivity contribution >= 4 is 27.3 Å². The molecule has 1 atom stereocenters. The van der Waals surface area contributed by atoms with Crippen molar-refractivity contribution in [2.24, 2.45) is 0 Å². The molecule has 0 saturated carbocycles.